The maximum atomic E-state index is 5.03. The molecule has 2 heterocycles. The Morgan fingerprint density at radius 1 is 0.281 bits per heavy atom. The van der Waals surface area contributed by atoms with E-state index >= 15 is 0 Å². The monoisotopic (exact) mass is 732 g/mol. The molecule has 2 aromatic heterocycles. The number of pyridine rings is 2. The van der Waals surface area contributed by atoms with Crippen molar-refractivity contribution < 1.29 is 0 Å². The van der Waals surface area contributed by atoms with Crippen molar-refractivity contribution in [1.29, 1.82) is 0 Å². The lowest BCUT2D eigenvalue weighted by Crippen LogP contribution is -2.15. The first-order chi connectivity index (χ1) is 27.5. The van der Waals surface area contributed by atoms with Crippen molar-refractivity contribution in [3.8, 4) is 78.1 Å². The molecule has 0 spiro atoms. The van der Waals surface area contributed by atoms with E-state index in [9.17, 15) is 0 Å². The number of fused-ring (bicyclic) bond motifs is 9. The van der Waals surface area contributed by atoms with E-state index in [2.05, 4.69) is 187 Å². The first kappa shape index (κ1) is 33.9. The van der Waals surface area contributed by atoms with Crippen molar-refractivity contribution in [3.63, 3.8) is 0 Å². The average molecular weight is 733 g/mol. The number of hydrogen-bond acceptors (Lipinski definition) is 2. The number of benzene rings is 6. The van der Waals surface area contributed by atoms with Crippen LogP contribution >= 0.6 is 0 Å². The summed E-state index contributed by atoms with van der Waals surface area (Å²) in [6.07, 6.45) is 3.85. The SMILES string of the molecule is CC1(C)c2cc(-c3cccnc3-c3ccc4c(c3)C(C)(C)c3ccccc3-4)ccc2-c2ccc(-c3cccnc3-c3ccc4c(c3)C(C)(C)c3ccccc3-4)cc21. The molecule has 11 rings (SSSR count). The second kappa shape index (κ2) is 11.8. The van der Waals surface area contributed by atoms with Crippen molar-refractivity contribution in [2.24, 2.45) is 0 Å². The maximum absolute atomic E-state index is 5.03. The van der Waals surface area contributed by atoms with E-state index in [1.54, 1.807) is 0 Å². The molecule has 0 N–H and O–H groups in total. The summed E-state index contributed by atoms with van der Waals surface area (Å²) in [6.45, 7) is 14.1. The third-order valence-electron chi connectivity index (χ3n) is 13.6. The standard InChI is InChI=1S/C55H44N2/c1-53(2)45-17-9-7-13-39(45)41-25-21-35(31-49(41)53)51-37(15-11-27-56-51)33-19-23-43-44-24-20-34(30-48(44)55(5,6)47(43)29-33)38-16-12-28-57-52(38)36-22-26-42-40-14-8-10-18-46(40)54(3,4)50(42)32-36/h7-32H,1-6H3. The quantitative estimate of drug-likeness (QED) is 0.180. The van der Waals surface area contributed by atoms with Gasteiger partial charge in [0, 0.05) is 50.9 Å². The van der Waals surface area contributed by atoms with Crippen molar-refractivity contribution in [2.45, 2.75) is 57.8 Å². The van der Waals surface area contributed by atoms with Crippen LogP contribution in [0.25, 0.3) is 78.1 Å². The molecule has 0 saturated carbocycles. The minimum absolute atomic E-state index is 0.0691. The Morgan fingerprint density at radius 2 is 0.579 bits per heavy atom. The fourth-order valence-electron chi connectivity index (χ4n) is 10.5. The highest BCUT2D eigenvalue weighted by Gasteiger charge is 2.38. The Hall–Kier alpha value is -6.38. The fourth-order valence-corrected chi connectivity index (χ4v) is 10.5. The van der Waals surface area contributed by atoms with Crippen LogP contribution in [0.15, 0.2) is 158 Å². The van der Waals surface area contributed by atoms with Crippen molar-refractivity contribution in [3.05, 3.63) is 191 Å². The summed E-state index contributed by atoms with van der Waals surface area (Å²) in [5.74, 6) is 0. The van der Waals surface area contributed by atoms with Gasteiger partial charge in [-0.05, 0) is 114 Å². The van der Waals surface area contributed by atoms with Crippen LogP contribution in [-0.2, 0) is 16.2 Å². The molecule has 0 bridgehead atoms. The molecular formula is C55H44N2. The largest absolute Gasteiger partial charge is 0.256 e. The van der Waals surface area contributed by atoms with Gasteiger partial charge in [-0.3, -0.25) is 9.97 Å². The average Bonchev–Trinajstić information content (AvgIpc) is 3.72. The van der Waals surface area contributed by atoms with Gasteiger partial charge in [0.2, 0.25) is 0 Å². The first-order valence-electron chi connectivity index (χ1n) is 20.2. The third-order valence-corrected chi connectivity index (χ3v) is 13.6. The molecule has 0 saturated heterocycles. The zero-order valence-corrected chi connectivity index (χ0v) is 33.4. The summed E-state index contributed by atoms with van der Waals surface area (Å²) >= 11 is 0. The van der Waals surface area contributed by atoms with Gasteiger partial charge in [-0.2, -0.15) is 0 Å². The third kappa shape index (κ3) is 4.77. The van der Waals surface area contributed by atoms with Crippen LogP contribution in [0.4, 0.5) is 0 Å². The summed E-state index contributed by atoms with van der Waals surface area (Å²) in [4.78, 5) is 10.1. The molecule has 2 heteroatoms. The molecule has 0 amide bonds. The molecule has 3 aliphatic rings. The molecule has 0 radical (unpaired) electrons. The van der Waals surface area contributed by atoms with Crippen LogP contribution in [0.5, 0.6) is 0 Å². The minimum Gasteiger partial charge on any atom is -0.256 e. The Labute approximate surface area is 336 Å². The summed E-state index contributed by atoms with van der Waals surface area (Å²) in [6, 6.07) is 54.2. The summed E-state index contributed by atoms with van der Waals surface area (Å²) in [7, 11) is 0. The van der Waals surface area contributed by atoms with Crippen LogP contribution in [-0.4, -0.2) is 9.97 Å². The topological polar surface area (TPSA) is 25.8 Å². The lowest BCUT2D eigenvalue weighted by atomic mass is 9.80. The van der Waals surface area contributed by atoms with E-state index in [0.29, 0.717) is 0 Å². The molecule has 6 aromatic carbocycles. The van der Waals surface area contributed by atoms with Crippen LogP contribution in [0.1, 0.15) is 74.9 Å². The van der Waals surface area contributed by atoms with Crippen molar-refractivity contribution in [2.75, 3.05) is 0 Å². The minimum atomic E-state index is -0.200. The van der Waals surface area contributed by atoms with Gasteiger partial charge < -0.3 is 0 Å². The summed E-state index contributed by atoms with van der Waals surface area (Å²) in [5.41, 5.74) is 24.8. The van der Waals surface area contributed by atoms with Gasteiger partial charge in [-0.1, -0.05) is 151 Å². The van der Waals surface area contributed by atoms with Crippen LogP contribution in [0.3, 0.4) is 0 Å². The van der Waals surface area contributed by atoms with E-state index in [4.69, 9.17) is 9.97 Å². The Kier molecular flexibility index (Phi) is 7.03. The van der Waals surface area contributed by atoms with Crippen molar-refractivity contribution in [1.82, 2.24) is 9.97 Å². The smallest absolute Gasteiger partial charge is 0.0780 e. The van der Waals surface area contributed by atoms with Crippen LogP contribution < -0.4 is 0 Å². The molecule has 0 fully saturated rings. The molecule has 3 aliphatic carbocycles. The molecule has 57 heavy (non-hydrogen) atoms. The Balaban J connectivity index is 0.961. The highest BCUT2D eigenvalue weighted by atomic mass is 14.7. The van der Waals surface area contributed by atoms with E-state index in [1.165, 1.54) is 77.9 Å². The number of aromatic nitrogens is 2. The highest BCUT2D eigenvalue weighted by Crippen LogP contribution is 2.54. The second-order valence-corrected chi connectivity index (χ2v) is 17.8. The zero-order chi connectivity index (χ0) is 38.8. The normalized spacial score (nSPS) is 15.6. The van der Waals surface area contributed by atoms with E-state index < -0.39 is 0 Å². The fraction of sp³-hybridized carbons (Fsp3) is 0.164. The molecular weight excluding hydrogens is 689 g/mol. The van der Waals surface area contributed by atoms with Gasteiger partial charge in [0.25, 0.3) is 0 Å². The number of rotatable bonds is 4. The predicted molar refractivity (Wildman–Crippen MR) is 236 cm³/mol. The first-order valence-corrected chi connectivity index (χ1v) is 20.2. The predicted octanol–water partition coefficient (Wildman–Crippen LogP) is 14.1. The molecule has 0 atom stereocenters. The molecule has 2 nitrogen and oxygen atoms in total. The molecule has 0 aliphatic heterocycles. The Bertz CT molecular complexity index is 2790. The van der Waals surface area contributed by atoms with Gasteiger partial charge >= 0.3 is 0 Å². The maximum Gasteiger partial charge on any atom is 0.0780 e. The summed E-state index contributed by atoms with van der Waals surface area (Å²) in [5, 5.41) is 0. The molecule has 274 valence electrons. The lowest BCUT2D eigenvalue weighted by Gasteiger charge is -2.23. The van der Waals surface area contributed by atoms with Gasteiger partial charge in [0.05, 0.1) is 11.4 Å². The van der Waals surface area contributed by atoms with E-state index in [-0.39, 0.29) is 16.2 Å². The second-order valence-electron chi connectivity index (χ2n) is 17.8. The van der Waals surface area contributed by atoms with E-state index in [1.807, 2.05) is 12.4 Å². The van der Waals surface area contributed by atoms with Crippen LogP contribution in [0.2, 0.25) is 0 Å². The molecule has 0 unspecified atom stereocenters. The van der Waals surface area contributed by atoms with Gasteiger partial charge in [-0.25, -0.2) is 0 Å². The van der Waals surface area contributed by atoms with Crippen molar-refractivity contribution >= 4 is 0 Å². The van der Waals surface area contributed by atoms with Crippen LogP contribution in [0, 0.1) is 0 Å². The highest BCUT2D eigenvalue weighted by molar-refractivity contribution is 5.92. The Morgan fingerprint density at radius 3 is 0.982 bits per heavy atom. The van der Waals surface area contributed by atoms with Gasteiger partial charge in [0.15, 0.2) is 0 Å². The van der Waals surface area contributed by atoms with Gasteiger partial charge in [-0.15, -0.1) is 0 Å². The zero-order valence-electron chi connectivity index (χ0n) is 33.4. The molecule has 8 aromatic rings. The lowest BCUT2D eigenvalue weighted by molar-refractivity contribution is 0.660. The summed E-state index contributed by atoms with van der Waals surface area (Å²) < 4.78 is 0. The van der Waals surface area contributed by atoms with Gasteiger partial charge in [0.1, 0.15) is 0 Å². The van der Waals surface area contributed by atoms with E-state index in [0.717, 1.165) is 33.6 Å². The number of hydrogen-bond donors (Lipinski definition) is 0. The number of nitrogens with zero attached hydrogens (tertiary/aromatic N) is 2.